The van der Waals surface area contributed by atoms with Crippen molar-refractivity contribution in [1.29, 1.82) is 0 Å². The normalized spacial score (nSPS) is 12.3. The summed E-state index contributed by atoms with van der Waals surface area (Å²) < 4.78 is 0. The lowest BCUT2D eigenvalue weighted by Gasteiger charge is -2.15. The first kappa shape index (κ1) is 25.6. The second-order valence-electron chi connectivity index (χ2n) is 8.72. The van der Waals surface area contributed by atoms with Crippen LogP contribution in [0.1, 0.15) is 75.3 Å². The second-order valence-corrected chi connectivity index (χ2v) is 8.72. The number of aryl methyl sites for hydroxylation is 5. The highest BCUT2D eigenvalue weighted by atomic mass is 14.8. The number of para-hydroxylation sites is 2. The summed E-state index contributed by atoms with van der Waals surface area (Å²) in [5.74, 6) is 0. The summed E-state index contributed by atoms with van der Waals surface area (Å²) in [5.41, 5.74) is 11.1. The van der Waals surface area contributed by atoms with Crippen LogP contribution in [-0.2, 0) is 32.1 Å². The van der Waals surface area contributed by atoms with E-state index in [4.69, 9.17) is 9.98 Å². The minimum absolute atomic E-state index is 0.866. The molecule has 0 saturated carbocycles. The zero-order chi connectivity index (χ0) is 24.3. The lowest BCUT2D eigenvalue weighted by atomic mass is 9.99. The zero-order valence-corrected chi connectivity index (χ0v) is 21.7. The summed E-state index contributed by atoms with van der Waals surface area (Å²) in [4.78, 5) is 10.7. The van der Waals surface area contributed by atoms with Crippen LogP contribution >= 0.6 is 0 Å². The number of rotatable bonds is 11. The van der Waals surface area contributed by atoms with E-state index in [-0.39, 0.29) is 0 Å². The summed E-state index contributed by atoms with van der Waals surface area (Å²) in [6.07, 6.45) is 6.64. The van der Waals surface area contributed by atoms with Crippen molar-refractivity contribution in [1.82, 2.24) is 0 Å². The van der Waals surface area contributed by atoms with Crippen LogP contribution in [0, 0.1) is 0 Å². The largest absolute Gasteiger partial charge is 0.251 e. The second kappa shape index (κ2) is 13.0. The third kappa shape index (κ3) is 6.32. The van der Waals surface area contributed by atoms with Gasteiger partial charge in [0.15, 0.2) is 0 Å². The molecule has 0 radical (unpaired) electrons. The third-order valence-corrected chi connectivity index (χ3v) is 6.58. The molecule has 0 unspecified atom stereocenters. The first-order valence-electron chi connectivity index (χ1n) is 13.1. The molecule has 0 amide bonds. The quantitative estimate of drug-likeness (QED) is 0.260. The first-order chi connectivity index (χ1) is 16.6. The topological polar surface area (TPSA) is 24.7 Å². The standard InChI is InChI=1S/C32H40N2/c1-6-25-18-14-19-26(7-2)31(25)33-29(10-5)30(23-22-24-16-12-11-13-17-24)34-32-27(8-3)20-15-21-28(32)9-4/h11-21H,6-10,22-23H2,1-5H3. The number of nitrogens with zero attached hydrogens (tertiary/aromatic N) is 2. The summed E-state index contributed by atoms with van der Waals surface area (Å²) in [5, 5.41) is 0. The van der Waals surface area contributed by atoms with Gasteiger partial charge in [-0.05, 0) is 72.8 Å². The molecule has 0 aliphatic heterocycles. The van der Waals surface area contributed by atoms with Crippen molar-refractivity contribution in [3.05, 3.63) is 94.5 Å². The third-order valence-electron chi connectivity index (χ3n) is 6.58. The van der Waals surface area contributed by atoms with Crippen LogP contribution in [0.4, 0.5) is 11.4 Å². The molecule has 0 saturated heterocycles. The molecule has 3 aromatic rings. The van der Waals surface area contributed by atoms with Crippen molar-refractivity contribution < 1.29 is 0 Å². The summed E-state index contributed by atoms with van der Waals surface area (Å²) in [7, 11) is 0. The highest BCUT2D eigenvalue weighted by Crippen LogP contribution is 2.29. The molecule has 2 heteroatoms. The van der Waals surface area contributed by atoms with Crippen LogP contribution in [-0.4, -0.2) is 11.4 Å². The smallest absolute Gasteiger partial charge is 0.0697 e. The lowest BCUT2D eigenvalue weighted by molar-refractivity contribution is 1.03. The lowest BCUT2D eigenvalue weighted by Crippen LogP contribution is -2.15. The van der Waals surface area contributed by atoms with E-state index in [1.807, 2.05) is 0 Å². The maximum Gasteiger partial charge on any atom is 0.0697 e. The van der Waals surface area contributed by atoms with Gasteiger partial charge in [-0.3, -0.25) is 9.98 Å². The van der Waals surface area contributed by atoms with Gasteiger partial charge in [-0.25, -0.2) is 0 Å². The average molecular weight is 453 g/mol. The first-order valence-corrected chi connectivity index (χ1v) is 13.1. The van der Waals surface area contributed by atoms with Crippen LogP contribution in [0.25, 0.3) is 0 Å². The van der Waals surface area contributed by atoms with Crippen molar-refractivity contribution in [2.24, 2.45) is 9.98 Å². The maximum absolute atomic E-state index is 5.38. The van der Waals surface area contributed by atoms with Gasteiger partial charge in [0.25, 0.3) is 0 Å². The Bertz CT molecular complexity index is 1080. The van der Waals surface area contributed by atoms with Gasteiger partial charge in [0.2, 0.25) is 0 Å². The van der Waals surface area contributed by atoms with Crippen molar-refractivity contribution in [2.75, 3.05) is 0 Å². The fourth-order valence-electron chi connectivity index (χ4n) is 4.51. The van der Waals surface area contributed by atoms with Crippen LogP contribution in [0.2, 0.25) is 0 Å². The minimum Gasteiger partial charge on any atom is -0.251 e. The Morgan fingerprint density at radius 2 is 0.971 bits per heavy atom. The SMILES string of the molecule is CCC(=Nc1c(CC)cccc1CC)C(CCc1ccccc1)=Nc1c(CC)cccc1CC. The molecule has 0 N–H and O–H groups in total. The molecule has 34 heavy (non-hydrogen) atoms. The highest BCUT2D eigenvalue weighted by Gasteiger charge is 2.14. The number of hydrogen-bond acceptors (Lipinski definition) is 2. The van der Waals surface area contributed by atoms with Gasteiger partial charge in [-0.15, -0.1) is 0 Å². The monoisotopic (exact) mass is 452 g/mol. The van der Waals surface area contributed by atoms with E-state index in [1.54, 1.807) is 0 Å². The molecule has 0 aliphatic carbocycles. The van der Waals surface area contributed by atoms with Gasteiger partial charge < -0.3 is 0 Å². The number of hydrogen-bond donors (Lipinski definition) is 0. The summed E-state index contributed by atoms with van der Waals surface area (Å²) in [6, 6.07) is 23.9. The van der Waals surface area contributed by atoms with Gasteiger partial charge >= 0.3 is 0 Å². The zero-order valence-electron chi connectivity index (χ0n) is 21.7. The summed E-state index contributed by atoms with van der Waals surface area (Å²) in [6.45, 7) is 11.1. The van der Waals surface area contributed by atoms with E-state index in [0.29, 0.717) is 0 Å². The molecular formula is C32H40N2. The molecule has 0 heterocycles. The van der Waals surface area contributed by atoms with Crippen molar-refractivity contribution in [3.63, 3.8) is 0 Å². The van der Waals surface area contributed by atoms with Crippen molar-refractivity contribution in [3.8, 4) is 0 Å². The van der Waals surface area contributed by atoms with Gasteiger partial charge in [-0.1, -0.05) is 101 Å². The van der Waals surface area contributed by atoms with Gasteiger partial charge in [0.05, 0.1) is 22.8 Å². The Kier molecular flexibility index (Phi) is 9.82. The Balaban J connectivity index is 2.15. The van der Waals surface area contributed by atoms with Crippen molar-refractivity contribution >= 4 is 22.8 Å². The van der Waals surface area contributed by atoms with Crippen molar-refractivity contribution in [2.45, 2.75) is 79.6 Å². The number of benzene rings is 3. The number of aliphatic imine (C=N–C) groups is 2. The van der Waals surface area contributed by atoms with E-state index in [9.17, 15) is 0 Å². The van der Waals surface area contributed by atoms with Crippen LogP contribution in [0.15, 0.2) is 76.7 Å². The molecule has 0 spiro atoms. The van der Waals surface area contributed by atoms with Crippen LogP contribution in [0.3, 0.4) is 0 Å². The molecule has 3 rings (SSSR count). The van der Waals surface area contributed by atoms with E-state index in [0.717, 1.165) is 67.7 Å². The van der Waals surface area contributed by atoms with E-state index < -0.39 is 0 Å². The molecule has 0 aromatic heterocycles. The van der Waals surface area contributed by atoms with E-state index in [2.05, 4.69) is 101 Å². The van der Waals surface area contributed by atoms with Gasteiger partial charge in [0, 0.05) is 0 Å². The predicted octanol–water partition coefficient (Wildman–Crippen LogP) is 8.82. The predicted molar refractivity (Wildman–Crippen MR) is 150 cm³/mol. The molecule has 0 atom stereocenters. The molecule has 178 valence electrons. The molecular weight excluding hydrogens is 412 g/mol. The van der Waals surface area contributed by atoms with Gasteiger partial charge in [0.1, 0.15) is 0 Å². The van der Waals surface area contributed by atoms with Crippen LogP contribution < -0.4 is 0 Å². The Morgan fingerprint density at radius 3 is 1.38 bits per heavy atom. The molecule has 0 aliphatic rings. The summed E-state index contributed by atoms with van der Waals surface area (Å²) >= 11 is 0. The average Bonchev–Trinajstić information content (AvgIpc) is 2.90. The van der Waals surface area contributed by atoms with Crippen LogP contribution in [0.5, 0.6) is 0 Å². The maximum atomic E-state index is 5.38. The minimum atomic E-state index is 0.866. The van der Waals surface area contributed by atoms with E-state index in [1.165, 1.54) is 27.8 Å². The Labute approximate surface area is 206 Å². The Hall–Kier alpha value is -3.00. The fourth-order valence-corrected chi connectivity index (χ4v) is 4.51. The van der Waals surface area contributed by atoms with E-state index >= 15 is 0 Å². The van der Waals surface area contributed by atoms with Gasteiger partial charge in [-0.2, -0.15) is 0 Å². The molecule has 0 bridgehead atoms. The highest BCUT2D eigenvalue weighted by molar-refractivity contribution is 6.43. The fraction of sp³-hybridized carbons (Fsp3) is 0.375. The Morgan fingerprint density at radius 1 is 0.529 bits per heavy atom. The molecule has 0 fully saturated rings. The molecule has 3 aromatic carbocycles. The molecule has 2 nitrogen and oxygen atoms in total.